The van der Waals surface area contributed by atoms with Gasteiger partial charge in [0.1, 0.15) is 12.4 Å². The van der Waals surface area contributed by atoms with E-state index in [4.69, 9.17) is 10.5 Å². The van der Waals surface area contributed by atoms with Gasteiger partial charge in [0.2, 0.25) is 0 Å². The molecule has 0 saturated carbocycles. The van der Waals surface area contributed by atoms with Crippen LogP contribution in [0.2, 0.25) is 0 Å². The Labute approximate surface area is 112 Å². The molecule has 0 atom stereocenters. The molecule has 1 amide bonds. The first-order valence-corrected chi connectivity index (χ1v) is 5.93. The van der Waals surface area contributed by atoms with Crippen LogP contribution in [0.3, 0.4) is 0 Å². The van der Waals surface area contributed by atoms with Crippen LogP contribution in [0.25, 0.3) is 0 Å². The van der Waals surface area contributed by atoms with Crippen molar-refractivity contribution < 1.29 is 13.9 Å². The molecule has 1 aromatic carbocycles. The van der Waals surface area contributed by atoms with E-state index in [-0.39, 0.29) is 19.1 Å². The van der Waals surface area contributed by atoms with Gasteiger partial charge in [-0.15, -0.1) is 0 Å². The summed E-state index contributed by atoms with van der Waals surface area (Å²) >= 11 is 0. The summed E-state index contributed by atoms with van der Waals surface area (Å²) in [6.07, 6.45) is 0.455. The molecule has 0 unspecified atom stereocenters. The molecule has 0 aliphatic heterocycles. The third kappa shape index (κ3) is 4.06. The van der Waals surface area contributed by atoms with Gasteiger partial charge in [-0.05, 0) is 30.7 Å². The van der Waals surface area contributed by atoms with Crippen molar-refractivity contribution in [3.63, 3.8) is 0 Å². The summed E-state index contributed by atoms with van der Waals surface area (Å²) in [4.78, 5) is 13.4. The number of hydrogen-bond donors (Lipinski definition) is 1. The lowest BCUT2D eigenvalue weighted by molar-refractivity contribution is 0.0827. The Bertz CT molecular complexity index is 484. The molecule has 0 heterocycles. The first-order valence-electron chi connectivity index (χ1n) is 5.93. The van der Waals surface area contributed by atoms with E-state index in [2.05, 4.69) is 0 Å². The summed E-state index contributed by atoms with van der Waals surface area (Å²) in [5.74, 6) is 0.524. The Kier molecular flexibility index (Phi) is 5.51. The summed E-state index contributed by atoms with van der Waals surface area (Å²) in [5.41, 5.74) is 7.15. The summed E-state index contributed by atoms with van der Waals surface area (Å²) < 4.78 is 17.7. The zero-order chi connectivity index (χ0) is 14.4. The lowest BCUT2D eigenvalue weighted by Gasteiger charge is -2.14. The van der Waals surface area contributed by atoms with Crippen LogP contribution in [0.15, 0.2) is 30.1 Å². The van der Waals surface area contributed by atoms with Crippen LogP contribution in [0.1, 0.15) is 15.9 Å². The van der Waals surface area contributed by atoms with E-state index in [0.717, 1.165) is 5.56 Å². The molecule has 1 rings (SSSR count). The number of amides is 1. The molecule has 0 aliphatic rings. The smallest absolute Gasteiger partial charge is 0.253 e. The number of nitrogens with zero attached hydrogens (tertiary/aromatic N) is 1. The predicted molar refractivity (Wildman–Crippen MR) is 72.9 cm³/mol. The molecule has 0 aliphatic carbocycles. The highest BCUT2D eigenvalue weighted by Gasteiger charge is 2.11. The van der Waals surface area contributed by atoms with Gasteiger partial charge in [-0.25, -0.2) is 4.39 Å². The molecule has 5 heteroatoms. The second kappa shape index (κ2) is 6.89. The van der Waals surface area contributed by atoms with Crippen molar-refractivity contribution in [3.8, 4) is 5.75 Å². The number of aryl methyl sites for hydroxylation is 1. The summed E-state index contributed by atoms with van der Waals surface area (Å²) in [7, 11) is 3.40. The maximum atomic E-state index is 12.3. The first-order chi connectivity index (χ1) is 8.99. The van der Waals surface area contributed by atoms with Crippen molar-refractivity contribution in [3.05, 3.63) is 41.2 Å². The predicted octanol–water partition coefficient (Wildman–Crippen LogP) is 1.89. The molecule has 0 bridgehead atoms. The van der Waals surface area contributed by atoms with Crippen LogP contribution >= 0.6 is 0 Å². The van der Waals surface area contributed by atoms with Gasteiger partial charge in [0.25, 0.3) is 5.91 Å². The average molecular weight is 266 g/mol. The summed E-state index contributed by atoms with van der Waals surface area (Å²) in [6.45, 7) is 2.05. The third-order valence-electron chi connectivity index (χ3n) is 2.68. The number of nitrogens with two attached hydrogens (primary N) is 1. The van der Waals surface area contributed by atoms with Crippen molar-refractivity contribution in [1.29, 1.82) is 0 Å². The zero-order valence-corrected chi connectivity index (χ0v) is 11.4. The zero-order valence-electron chi connectivity index (χ0n) is 11.4. The lowest BCUT2D eigenvalue weighted by Crippen LogP contribution is -2.22. The van der Waals surface area contributed by atoms with E-state index in [0.29, 0.717) is 23.2 Å². The number of benzene rings is 1. The van der Waals surface area contributed by atoms with Gasteiger partial charge < -0.3 is 15.4 Å². The SMILES string of the molecule is Cc1cc(OCC(=CF)CN)ccc1C(=O)N(C)C. The van der Waals surface area contributed by atoms with Crippen molar-refractivity contribution in [1.82, 2.24) is 4.90 Å². The fourth-order valence-corrected chi connectivity index (χ4v) is 1.52. The molecular weight excluding hydrogens is 247 g/mol. The minimum atomic E-state index is -0.0599. The van der Waals surface area contributed by atoms with Gasteiger partial charge in [0.15, 0.2) is 0 Å². The maximum Gasteiger partial charge on any atom is 0.253 e. The molecule has 2 N–H and O–H groups in total. The second-order valence-corrected chi connectivity index (χ2v) is 4.44. The van der Waals surface area contributed by atoms with Crippen molar-refractivity contribution in [2.75, 3.05) is 27.2 Å². The number of carbonyl (C=O) groups excluding carboxylic acids is 1. The van der Waals surface area contributed by atoms with E-state index in [9.17, 15) is 9.18 Å². The van der Waals surface area contributed by atoms with Crippen LogP contribution in [-0.4, -0.2) is 38.1 Å². The van der Waals surface area contributed by atoms with Crippen molar-refractivity contribution in [2.45, 2.75) is 6.92 Å². The molecular formula is C14H19FN2O2. The topological polar surface area (TPSA) is 55.6 Å². The minimum Gasteiger partial charge on any atom is -0.489 e. The average Bonchev–Trinajstić information content (AvgIpc) is 2.39. The maximum absolute atomic E-state index is 12.3. The largest absolute Gasteiger partial charge is 0.489 e. The molecule has 104 valence electrons. The van der Waals surface area contributed by atoms with Gasteiger partial charge in [0.05, 0.1) is 6.33 Å². The number of hydrogen-bond acceptors (Lipinski definition) is 3. The molecule has 0 aromatic heterocycles. The summed E-state index contributed by atoms with van der Waals surface area (Å²) in [5, 5.41) is 0. The van der Waals surface area contributed by atoms with Gasteiger partial charge in [-0.1, -0.05) is 0 Å². The van der Waals surface area contributed by atoms with Crippen LogP contribution in [-0.2, 0) is 0 Å². The van der Waals surface area contributed by atoms with Crippen LogP contribution in [0.4, 0.5) is 4.39 Å². The first kappa shape index (κ1) is 15.2. The fourth-order valence-electron chi connectivity index (χ4n) is 1.52. The van der Waals surface area contributed by atoms with E-state index in [1.807, 2.05) is 6.92 Å². The fraction of sp³-hybridized carbons (Fsp3) is 0.357. The van der Waals surface area contributed by atoms with E-state index < -0.39 is 0 Å². The summed E-state index contributed by atoms with van der Waals surface area (Å²) in [6, 6.07) is 5.15. The number of ether oxygens (including phenoxy) is 1. The Morgan fingerprint density at radius 2 is 2.16 bits per heavy atom. The quantitative estimate of drug-likeness (QED) is 0.885. The van der Waals surface area contributed by atoms with Crippen LogP contribution in [0, 0.1) is 6.92 Å². The van der Waals surface area contributed by atoms with Gasteiger partial charge >= 0.3 is 0 Å². The molecule has 0 fully saturated rings. The van der Waals surface area contributed by atoms with E-state index in [1.165, 1.54) is 4.90 Å². The van der Waals surface area contributed by atoms with E-state index in [1.54, 1.807) is 32.3 Å². The number of carbonyl (C=O) groups is 1. The normalized spacial score (nSPS) is 11.3. The highest BCUT2D eigenvalue weighted by atomic mass is 19.1. The van der Waals surface area contributed by atoms with Gasteiger partial charge in [-0.3, -0.25) is 4.79 Å². The second-order valence-electron chi connectivity index (χ2n) is 4.44. The Morgan fingerprint density at radius 1 is 1.47 bits per heavy atom. The highest BCUT2D eigenvalue weighted by Crippen LogP contribution is 2.18. The monoisotopic (exact) mass is 266 g/mol. The van der Waals surface area contributed by atoms with Crippen molar-refractivity contribution >= 4 is 5.91 Å². The number of halogens is 1. The molecule has 0 saturated heterocycles. The Hall–Kier alpha value is -1.88. The highest BCUT2D eigenvalue weighted by molar-refractivity contribution is 5.95. The third-order valence-corrected chi connectivity index (χ3v) is 2.68. The van der Waals surface area contributed by atoms with Gasteiger partial charge in [0, 0.05) is 31.8 Å². The van der Waals surface area contributed by atoms with E-state index >= 15 is 0 Å². The molecule has 4 nitrogen and oxygen atoms in total. The van der Waals surface area contributed by atoms with Crippen LogP contribution < -0.4 is 10.5 Å². The lowest BCUT2D eigenvalue weighted by atomic mass is 10.1. The van der Waals surface area contributed by atoms with Crippen LogP contribution in [0.5, 0.6) is 5.75 Å². The molecule has 19 heavy (non-hydrogen) atoms. The van der Waals surface area contributed by atoms with Crippen molar-refractivity contribution in [2.24, 2.45) is 5.73 Å². The molecule has 1 aromatic rings. The molecule has 0 spiro atoms. The molecule has 0 radical (unpaired) electrons. The van der Waals surface area contributed by atoms with Gasteiger partial charge in [-0.2, -0.15) is 0 Å². The minimum absolute atomic E-state index is 0.0599. The Balaban J connectivity index is 2.80. The standard InChI is InChI=1S/C14H19FN2O2/c1-10-6-12(19-9-11(7-15)8-16)4-5-13(10)14(18)17(2)3/h4-7H,8-9,16H2,1-3H3. The Morgan fingerprint density at radius 3 is 2.63 bits per heavy atom. The number of rotatable bonds is 5.